The summed E-state index contributed by atoms with van der Waals surface area (Å²) in [5, 5.41) is 2.60. The number of ether oxygens (including phenoxy) is 1. The molecular weight excluding hydrogens is 246 g/mol. The normalized spacial score (nSPS) is 10.6. The molecule has 0 unspecified atom stereocenters. The fourth-order valence-electron chi connectivity index (χ4n) is 1.69. The van der Waals surface area contributed by atoms with E-state index in [1.165, 1.54) is 10.6 Å². The summed E-state index contributed by atoms with van der Waals surface area (Å²) in [6.07, 6.45) is 2.92. The Labute approximate surface area is 110 Å². The molecule has 0 bridgehead atoms. The number of rotatable bonds is 4. The highest BCUT2D eigenvalue weighted by molar-refractivity contribution is 5.93. The summed E-state index contributed by atoms with van der Waals surface area (Å²) < 4.78 is 6.19. The van der Waals surface area contributed by atoms with E-state index in [2.05, 4.69) is 10.3 Å². The summed E-state index contributed by atoms with van der Waals surface area (Å²) in [6.45, 7) is 2.66. The lowest BCUT2D eigenvalue weighted by atomic mass is 10.2. The summed E-state index contributed by atoms with van der Waals surface area (Å²) in [6, 6.07) is 3.58. The molecule has 2 rings (SSSR count). The van der Waals surface area contributed by atoms with Crippen LogP contribution in [0.2, 0.25) is 0 Å². The van der Waals surface area contributed by atoms with Crippen molar-refractivity contribution in [2.75, 3.05) is 20.3 Å². The SMILES string of the molecule is COCCNC(=O)c1cnc2cc(C)ccn2c1=O. The van der Waals surface area contributed by atoms with Gasteiger partial charge in [-0.05, 0) is 24.6 Å². The second-order valence-electron chi connectivity index (χ2n) is 4.16. The second-order valence-corrected chi connectivity index (χ2v) is 4.16. The van der Waals surface area contributed by atoms with Crippen LogP contribution in [-0.2, 0) is 4.74 Å². The van der Waals surface area contributed by atoms with Gasteiger partial charge in [0.2, 0.25) is 0 Å². The topological polar surface area (TPSA) is 72.7 Å². The van der Waals surface area contributed by atoms with Crippen LogP contribution in [0.1, 0.15) is 15.9 Å². The first-order valence-corrected chi connectivity index (χ1v) is 5.88. The molecule has 2 heterocycles. The minimum Gasteiger partial charge on any atom is -0.383 e. The molecule has 1 amide bonds. The van der Waals surface area contributed by atoms with Crippen LogP contribution in [-0.4, -0.2) is 35.6 Å². The van der Waals surface area contributed by atoms with Gasteiger partial charge in [0, 0.05) is 26.0 Å². The van der Waals surface area contributed by atoms with Crippen molar-refractivity contribution in [2.24, 2.45) is 0 Å². The molecule has 0 radical (unpaired) electrons. The van der Waals surface area contributed by atoms with E-state index in [-0.39, 0.29) is 11.1 Å². The molecule has 0 aromatic carbocycles. The number of hydrogen-bond donors (Lipinski definition) is 1. The maximum Gasteiger partial charge on any atom is 0.270 e. The zero-order valence-corrected chi connectivity index (χ0v) is 10.8. The molecule has 0 aliphatic carbocycles. The van der Waals surface area contributed by atoms with Crippen LogP contribution in [0.15, 0.2) is 29.3 Å². The molecule has 6 heteroatoms. The molecule has 0 saturated carbocycles. The number of pyridine rings is 1. The molecule has 2 aromatic heterocycles. The van der Waals surface area contributed by atoms with Gasteiger partial charge in [-0.3, -0.25) is 14.0 Å². The molecule has 19 heavy (non-hydrogen) atoms. The Morgan fingerprint density at radius 1 is 1.53 bits per heavy atom. The third-order valence-electron chi connectivity index (χ3n) is 2.70. The van der Waals surface area contributed by atoms with Gasteiger partial charge in [-0.15, -0.1) is 0 Å². The van der Waals surface area contributed by atoms with E-state index in [4.69, 9.17) is 4.74 Å². The monoisotopic (exact) mass is 261 g/mol. The number of amides is 1. The quantitative estimate of drug-likeness (QED) is 0.807. The first-order valence-electron chi connectivity index (χ1n) is 5.88. The van der Waals surface area contributed by atoms with Gasteiger partial charge in [-0.25, -0.2) is 4.98 Å². The van der Waals surface area contributed by atoms with E-state index in [1.54, 1.807) is 25.4 Å². The third kappa shape index (κ3) is 2.79. The number of carbonyl (C=O) groups excluding carboxylic acids is 1. The number of aromatic nitrogens is 2. The lowest BCUT2D eigenvalue weighted by Crippen LogP contribution is -2.33. The van der Waals surface area contributed by atoms with Crippen molar-refractivity contribution >= 4 is 11.6 Å². The first-order chi connectivity index (χ1) is 9.13. The number of nitrogens with zero attached hydrogens (tertiary/aromatic N) is 2. The number of aryl methyl sites for hydroxylation is 1. The van der Waals surface area contributed by atoms with Crippen molar-refractivity contribution in [3.8, 4) is 0 Å². The lowest BCUT2D eigenvalue weighted by molar-refractivity contribution is 0.0935. The minimum atomic E-state index is -0.440. The Balaban J connectivity index is 2.35. The van der Waals surface area contributed by atoms with Crippen molar-refractivity contribution in [1.29, 1.82) is 0 Å². The Kier molecular flexibility index (Phi) is 3.91. The van der Waals surface area contributed by atoms with E-state index in [9.17, 15) is 9.59 Å². The molecule has 0 fully saturated rings. The van der Waals surface area contributed by atoms with Gasteiger partial charge in [0.15, 0.2) is 0 Å². The van der Waals surface area contributed by atoms with Crippen molar-refractivity contribution in [2.45, 2.75) is 6.92 Å². The van der Waals surface area contributed by atoms with Crippen LogP contribution in [0.5, 0.6) is 0 Å². The maximum atomic E-state index is 12.1. The van der Waals surface area contributed by atoms with E-state index < -0.39 is 5.91 Å². The zero-order chi connectivity index (χ0) is 13.8. The molecule has 0 atom stereocenters. The maximum absolute atomic E-state index is 12.1. The summed E-state index contributed by atoms with van der Waals surface area (Å²) >= 11 is 0. The van der Waals surface area contributed by atoms with Crippen LogP contribution < -0.4 is 10.9 Å². The van der Waals surface area contributed by atoms with Gasteiger partial charge in [-0.1, -0.05) is 0 Å². The Bertz CT molecular complexity index is 664. The minimum absolute atomic E-state index is 0.0254. The molecule has 0 spiro atoms. The average molecular weight is 261 g/mol. The van der Waals surface area contributed by atoms with Crippen molar-refractivity contribution < 1.29 is 9.53 Å². The van der Waals surface area contributed by atoms with Gasteiger partial charge < -0.3 is 10.1 Å². The van der Waals surface area contributed by atoms with Gasteiger partial charge >= 0.3 is 0 Å². The van der Waals surface area contributed by atoms with E-state index in [1.807, 2.05) is 6.92 Å². The van der Waals surface area contributed by atoms with Crippen LogP contribution >= 0.6 is 0 Å². The molecular formula is C13H15N3O3. The van der Waals surface area contributed by atoms with Gasteiger partial charge in [0.1, 0.15) is 11.2 Å². The number of fused-ring (bicyclic) bond motifs is 1. The molecule has 0 saturated heterocycles. The van der Waals surface area contributed by atoms with Crippen LogP contribution in [0.4, 0.5) is 0 Å². The summed E-state index contributed by atoms with van der Waals surface area (Å²) in [7, 11) is 1.54. The van der Waals surface area contributed by atoms with E-state index in [0.29, 0.717) is 18.8 Å². The van der Waals surface area contributed by atoms with Crippen LogP contribution in [0.25, 0.3) is 5.65 Å². The first kappa shape index (κ1) is 13.2. The highest BCUT2D eigenvalue weighted by atomic mass is 16.5. The largest absolute Gasteiger partial charge is 0.383 e. The second kappa shape index (κ2) is 5.62. The summed E-state index contributed by atoms with van der Waals surface area (Å²) in [5.41, 5.74) is 1.18. The fourth-order valence-corrected chi connectivity index (χ4v) is 1.69. The molecule has 1 N–H and O–H groups in total. The van der Waals surface area contributed by atoms with Crippen LogP contribution in [0, 0.1) is 6.92 Å². The number of carbonyl (C=O) groups is 1. The summed E-state index contributed by atoms with van der Waals surface area (Å²) in [4.78, 5) is 28.1. The highest BCUT2D eigenvalue weighted by Crippen LogP contribution is 2.02. The third-order valence-corrected chi connectivity index (χ3v) is 2.70. The van der Waals surface area contributed by atoms with Gasteiger partial charge in [0.25, 0.3) is 11.5 Å². The predicted octanol–water partition coefficient (Wildman–Crippen LogP) is 0.379. The predicted molar refractivity (Wildman–Crippen MR) is 70.4 cm³/mol. The number of methoxy groups -OCH3 is 1. The van der Waals surface area contributed by atoms with Crippen molar-refractivity contribution in [3.05, 3.63) is 46.0 Å². The lowest BCUT2D eigenvalue weighted by Gasteiger charge is -2.06. The molecule has 0 aliphatic heterocycles. The number of nitrogens with one attached hydrogen (secondary N) is 1. The van der Waals surface area contributed by atoms with Crippen LogP contribution in [0.3, 0.4) is 0 Å². The molecule has 2 aromatic rings. The number of hydrogen-bond acceptors (Lipinski definition) is 4. The molecule has 6 nitrogen and oxygen atoms in total. The molecule has 100 valence electrons. The van der Waals surface area contributed by atoms with E-state index >= 15 is 0 Å². The Morgan fingerprint density at radius 3 is 3.05 bits per heavy atom. The van der Waals surface area contributed by atoms with Crippen molar-refractivity contribution in [3.63, 3.8) is 0 Å². The van der Waals surface area contributed by atoms with E-state index in [0.717, 1.165) is 5.56 Å². The zero-order valence-electron chi connectivity index (χ0n) is 10.8. The van der Waals surface area contributed by atoms with Crippen molar-refractivity contribution in [1.82, 2.24) is 14.7 Å². The standard InChI is InChI=1S/C13H15N3O3/c1-9-3-5-16-11(7-9)15-8-10(13(16)18)12(17)14-4-6-19-2/h3,5,7-8H,4,6H2,1-2H3,(H,14,17). The fraction of sp³-hybridized carbons (Fsp3) is 0.308. The smallest absolute Gasteiger partial charge is 0.270 e. The Morgan fingerprint density at radius 2 is 2.32 bits per heavy atom. The van der Waals surface area contributed by atoms with Gasteiger partial charge in [-0.2, -0.15) is 0 Å². The Hall–Kier alpha value is -2.21. The summed E-state index contributed by atoms with van der Waals surface area (Å²) in [5.74, 6) is -0.440. The average Bonchev–Trinajstić information content (AvgIpc) is 2.39. The van der Waals surface area contributed by atoms with Gasteiger partial charge in [0.05, 0.1) is 6.61 Å². The highest BCUT2D eigenvalue weighted by Gasteiger charge is 2.12. The molecule has 0 aliphatic rings.